The third-order valence-electron chi connectivity index (χ3n) is 2.93. The Bertz CT molecular complexity index is 722. The molecule has 0 saturated heterocycles. The summed E-state index contributed by atoms with van der Waals surface area (Å²) in [6.07, 6.45) is 0. The molecule has 3 nitrogen and oxygen atoms in total. The van der Waals surface area contributed by atoms with Crippen molar-refractivity contribution in [3.8, 4) is 0 Å². The van der Waals surface area contributed by atoms with Gasteiger partial charge in [0.2, 0.25) is 5.91 Å². The van der Waals surface area contributed by atoms with Crippen LogP contribution in [0.5, 0.6) is 0 Å². The molecule has 2 N–H and O–H groups in total. The number of anilines is 2. The molecule has 0 radical (unpaired) electrons. The van der Waals surface area contributed by atoms with E-state index in [2.05, 4.69) is 10.6 Å². The fourth-order valence-electron chi connectivity index (χ4n) is 1.70. The smallest absolute Gasteiger partial charge is 0.243 e. The number of carbonyl (C=O) groups excluding carboxylic acids is 1. The molecule has 0 bridgehead atoms. The monoisotopic (exact) mass is 328 g/mol. The van der Waals surface area contributed by atoms with E-state index >= 15 is 0 Å². The summed E-state index contributed by atoms with van der Waals surface area (Å²) in [4.78, 5) is 11.7. The first kappa shape index (κ1) is 16.2. The highest BCUT2D eigenvalue weighted by atomic mass is 35.5. The van der Waals surface area contributed by atoms with Crippen molar-refractivity contribution in [2.75, 3.05) is 17.2 Å². The summed E-state index contributed by atoms with van der Waals surface area (Å²) in [6, 6.07) is 6.84. The summed E-state index contributed by atoms with van der Waals surface area (Å²) in [5.41, 5.74) is 1.07. The van der Waals surface area contributed by atoms with Gasteiger partial charge in [0.15, 0.2) is 17.5 Å². The van der Waals surface area contributed by atoms with Crippen LogP contribution in [0.1, 0.15) is 5.56 Å². The number of benzene rings is 2. The van der Waals surface area contributed by atoms with Gasteiger partial charge in [-0.1, -0.05) is 17.7 Å². The topological polar surface area (TPSA) is 41.1 Å². The maximum absolute atomic E-state index is 13.4. The standard InChI is InChI=1S/C15H12ClF3N2O/c1-8-2-3-9(6-10(8)16)20-7-13(22)21-12-5-4-11(17)14(18)15(12)19/h2-6,20H,7H2,1H3,(H,21,22). The summed E-state index contributed by atoms with van der Waals surface area (Å²) in [7, 11) is 0. The summed E-state index contributed by atoms with van der Waals surface area (Å²) in [5.74, 6) is -4.99. The molecule has 0 spiro atoms. The summed E-state index contributed by atoms with van der Waals surface area (Å²) < 4.78 is 39.2. The Hall–Kier alpha value is -2.21. The molecule has 0 atom stereocenters. The number of hydrogen-bond acceptors (Lipinski definition) is 2. The lowest BCUT2D eigenvalue weighted by Crippen LogP contribution is -2.22. The Morgan fingerprint density at radius 1 is 1.14 bits per heavy atom. The Kier molecular flexibility index (Phi) is 4.92. The second-order valence-electron chi connectivity index (χ2n) is 4.59. The SMILES string of the molecule is Cc1ccc(NCC(=O)Nc2ccc(F)c(F)c2F)cc1Cl. The highest BCUT2D eigenvalue weighted by molar-refractivity contribution is 6.31. The zero-order valence-corrected chi connectivity index (χ0v) is 12.3. The van der Waals surface area contributed by atoms with Crippen LogP contribution in [-0.4, -0.2) is 12.5 Å². The van der Waals surface area contributed by atoms with Crippen LogP contribution < -0.4 is 10.6 Å². The van der Waals surface area contributed by atoms with E-state index in [1.165, 1.54) is 0 Å². The molecule has 0 heterocycles. The molecule has 1 amide bonds. The molecule has 0 aliphatic rings. The maximum atomic E-state index is 13.4. The Morgan fingerprint density at radius 2 is 1.86 bits per heavy atom. The van der Waals surface area contributed by atoms with Crippen molar-refractivity contribution in [3.63, 3.8) is 0 Å². The first-order chi connectivity index (χ1) is 10.4. The largest absolute Gasteiger partial charge is 0.376 e. The van der Waals surface area contributed by atoms with Gasteiger partial charge in [-0.15, -0.1) is 0 Å². The minimum absolute atomic E-state index is 0.183. The zero-order chi connectivity index (χ0) is 16.3. The number of aryl methyl sites for hydroxylation is 1. The van der Waals surface area contributed by atoms with Crippen molar-refractivity contribution in [1.82, 2.24) is 0 Å². The molecule has 2 aromatic rings. The molecular weight excluding hydrogens is 317 g/mol. The van der Waals surface area contributed by atoms with E-state index in [0.717, 1.165) is 17.7 Å². The van der Waals surface area contributed by atoms with Gasteiger partial charge < -0.3 is 10.6 Å². The second kappa shape index (κ2) is 6.70. The molecule has 7 heteroatoms. The van der Waals surface area contributed by atoms with E-state index in [1.807, 2.05) is 6.92 Å². The van der Waals surface area contributed by atoms with Gasteiger partial charge in [0, 0.05) is 10.7 Å². The number of amides is 1. The predicted molar refractivity (Wildman–Crippen MR) is 79.6 cm³/mol. The molecule has 0 aliphatic heterocycles. The van der Waals surface area contributed by atoms with E-state index in [1.54, 1.807) is 18.2 Å². The molecule has 116 valence electrons. The Labute approximate surface area is 130 Å². The molecule has 2 rings (SSSR count). The first-order valence-electron chi connectivity index (χ1n) is 6.32. The van der Waals surface area contributed by atoms with Gasteiger partial charge in [-0.2, -0.15) is 0 Å². The highest BCUT2D eigenvalue weighted by Crippen LogP contribution is 2.21. The number of rotatable bonds is 4. The minimum atomic E-state index is -1.63. The van der Waals surface area contributed by atoms with Crippen LogP contribution in [-0.2, 0) is 4.79 Å². The van der Waals surface area contributed by atoms with Gasteiger partial charge in [0.05, 0.1) is 12.2 Å². The van der Waals surface area contributed by atoms with Crippen molar-refractivity contribution >= 4 is 28.9 Å². The lowest BCUT2D eigenvalue weighted by atomic mass is 10.2. The van der Waals surface area contributed by atoms with Gasteiger partial charge in [0.25, 0.3) is 0 Å². The third kappa shape index (κ3) is 3.71. The first-order valence-corrected chi connectivity index (χ1v) is 6.69. The van der Waals surface area contributed by atoms with Crippen molar-refractivity contribution in [2.24, 2.45) is 0 Å². The van der Waals surface area contributed by atoms with E-state index in [4.69, 9.17) is 11.6 Å². The van der Waals surface area contributed by atoms with Gasteiger partial charge in [-0.3, -0.25) is 4.79 Å². The quantitative estimate of drug-likeness (QED) is 0.829. The summed E-state index contributed by atoms with van der Waals surface area (Å²) >= 11 is 5.94. The van der Waals surface area contributed by atoms with E-state index in [0.29, 0.717) is 10.7 Å². The number of carbonyl (C=O) groups is 1. The normalized spacial score (nSPS) is 10.4. The number of hydrogen-bond donors (Lipinski definition) is 2. The van der Waals surface area contributed by atoms with Crippen molar-refractivity contribution in [3.05, 3.63) is 58.4 Å². The molecule has 0 saturated carbocycles. The van der Waals surface area contributed by atoms with Gasteiger partial charge in [-0.05, 0) is 36.8 Å². The van der Waals surface area contributed by atoms with Crippen LogP contribution in [0.3, 0.4) is 0 Å². The van der Waals surface area contributed by atoms with Crippen molar-refractivity contribution < 1.29 is 18.0 Å². The molecular formula is C15H12ClF3N2O. The lowest BCUT2D eigenvalue weighted by Gasteiger charge is -2.10. The van der Waals surface area contributed by atoms with Crippen LogP contribution in [0.15, 0.2) is 30.3 Å². The fourth-order valence-corrected chi connectivity index (χ4v) is 1.88. The van der Waals surface area contributed by atoms with Crippen LogP contribution in [0, 0.1) is 24.4 Å². The van der Waals surface area contributed by atoms with Crippen molar-refractivity contribution in [2.45, 2.75) is 6.92 Å². The van der Waals surface area contributed by atoms with E-state index < -0.39 is 29.0 Å². The zero-order valence-electron chi connectivity index (χ0n) is 11.5. The Balaban J connectivity index is 1.99. The molecule has 2 aromatic carbocycles. The Morgan fingerprint density at radius 3 is 2.55 bits per heavy atom. The van der Waals surface area contributed by atoms with E-state index in [-0.39, 0.29) is 6.54 Å². The average molecular weight is 329 g/mol. The second-order valence-corrected chi connectivity index (χ2v) is 5.00. The average Bonchev–Trinajstić information content (AvgIpc) is 2.49. The maximum Gasteiger partial charge on any atom is 0.243 e. The van der Waals surface area contributed by atoms with E-state index in [9.17, 15) is 18.0 Å². The molecule has 0 aromatic heterocycles. The van der Waals surface area contributed by atoms with Gasteiger partial charge in [0.1, 0.15) is 0 Å². The van der Waals surface area contributed by atoms with Gasteiger partial charge >= 0.3 is 0 Å². The van der Waals surface area contributed by atoms with Gasteiger partial charge in [-0.25, -0.2) is 13.2 Å². The number of halogens is 4. The molecule has 0 aliphatic carbocycles. The van der Waals surface area contributed by atoms with Crippen LogP contribution in [0.2, 0.25) is 5.02 Å². The van der Waals surface area contributed by atoms with Crippen molar-refractivity contribution in [1.29, 1.82) is 0 Å². The van der Waals surface area contributed by atoms with Crippen LogP contribution in [0.25, 0.3) is 0 Å². The summed E-state index contributed by atoms with van der Waals surface area (Å²) in [6.45, 7) is 1.66. The molecule has 22 heavy (non-hydrogen) atoms. The third-order valence-corrected chi connectivity index (χ3v) is 3.34. The molecule has 0 unspecified atom stereocenters. The highest BCUT2D eigenvalue weighted by Gasteiger charge is 2.15. The summed E-state index contributed by atoms with van der Waals surface area (Å²) in [5, 5.41) is 5.49. The minimum Gasteiger partial charge on any atom is -0.376 e. The van der Waals surface area contributed by atoms with Crippen LogP contribution >= 0.6 is 11.6 Å². The lowest BCUT2D eigenvalue weighted by molar-refractivity contribution is -0.114. The molecule has 0 fully saturated rings. The predicted octanol–water partition coefficient (Wildman–Crippen LogP) is 4.12. The number of nitrogens with one attached hydrogen (secondary N) is 2. The fraction of sp³-hybridized carbons (Fsp3) is 0.133. The van der Waals surface area contributed by atoms with Crippen LogP contribution in [0.4, 0.5) is 24.5 Å².